The van der Waals surface area contributed by atoms with Crippen molar-refractivity contribution in [2.75, 3.05) is 13.1 Å². The fraction of sp³-hybridized carbons (Fsp3) is 0.190. The summed E-state index contributed by atoms with van der Waals surface area (Å²) < 4.78 is 20.3. The lowest BCUT2D eigenvalue weighted by atomic mass is 10.2. The molecule has 5 rings (SSSR count). The monoisotopic (exact) mass is 438 g/mol. The molecule has 156 valence electrons. The number of amides is 1. The summed E-state index contributed by atoms with van der Waals surface area (Å²) in [4.78, 5) is 18.8. The smallest absolute Gasteiger partial charge is 0.280 e. The van der Waals surface area contributed by atoms with Gasteiger partial charge in [0.15, 0.2) is 5.69 Å². The van der Waals surface area contributed by atoms with Crippen molar-refractivity contribution in [3.63, 3.8) is 0 Å². The van der Waals surface area contributed by atoms with Gasteiger partial charge in [-0.15, -0.1) is 5.10 Å². The van der Waals surface area contributed by atoms with E-state index in [1.54, 1.807) is 15.8 Å². The van der Waals surface area contributed by atoms with E-state index < -0.39 is 5.82 Å². The Labute approximate surface area is 181 Å². The van der Waals surface area contributed by atoms with Crippen LogP contribution in [0.5, 0.6) is 0 Å². The first-order valence-corrected chi connectivity index (χ1v) is 10.0. The summed E-state index contributed by atoms with van der Waals surface area (Å²) in [7, 11) is 0. The zero-order chi connectivity index (χ0) is 21.4. The van der Waals surface area contributed by atoms with Crippen molar-refractivity contribution < 1.29 is 13.7 Å². The Bertz CT molecular complexity index is 1240. The normalized spacial score (nSPS) is 16.1. The van der Waals surface area contributed by atoms with Gasteiger partial charge in [-0.1, -0.05) is 52.3 Å². The Morgan fingerprint density at radius 2 is 2.03 bits per heavy atom. The molecule has 0 aliphatic carbocycles. The molecule has 0 unspecified atom stereocenters. The van der Waals surface area contributed by atoms with E-state index in [1.807, 2.05) is 30.3 Å². The first-order chi connectivity index (χ1) is 15.1. The topological polar surface area (TPSA) is 89.9 Å². The number of carbonyl (C=O) groups is 1. The third-order valence-electron chi connectivity index (χ3n) is 5.17. The third-order valence-corrected chi connectivity index (χ3v) is 5.49. The summed E-state index contributed by atoms with van der Waals surface area (Å²) in [6.45, 7) is 0.972. The van der Waals surface area contributed by atoms with E-state index in [-0.39, 0.29) is 28.4 Å². The average molecular weight is 439 g/mol. The predicted molar refractivity (Wildman–Crippen MR) is 110 cm³/mol. The van der Waals surface area contributed by atoms with Crippen molar-refractivity contribution in [3.8, 4) is 23.0 Å². The van der Waals surface area contributed by atoms with Crippen molar-refractivity contribution in [2.24, 2.45) is 0 Å². The zero-order valence-corrected chi connectivity index (χ0v) is 16.9. The van der Waals surface area contributed by atoms with Gasteiger partial charge in [0.25, 0.3) is 11.8 Å². The highest BCUT2D eigenvalue weighted by Crippen LogP contribution is 2.27. The van der Waals surface area contributed by atoms with Crippen LogP contribution in [0.15, 0.2) is 59.3 Å². The van der Waals surface area contributed by atoms with Gasteiger partial charge in [-0.2, -0.15) is 4.98 Å². The van der Waals surface area contributed by atoms with Crippen molar-refractivity contribution in [1.29, 1.82) is 0 Å². The van der Waals surface area contributed by atoms with Gasteiger partial charge in [0.05, 0.1) is 22.8 Å². The Morgan fingerprint density at radius 3 is 2.84 bits per heavy atom. The fourth-order valence-corrected chi connectivity index (χ4v) is 3.81. The number of benzene rings is 2. The van der Waals surface area contributed by atoms with Crippen LogP contribution in [0.3, 0.4) is 0 Å². The van der Waals surface area contributed by atoms with E-state index in [9.17, 15) is 9.18 Å². The molecule has 1 aliphatic heterocycles. The second-order valence-corrected chi connectivity index (χ2v) is 7.60. The predicted octanol–water partition coefficient (Wildman–Crippen LogP) is 3.87. The molecule has 1 amide bonds. The minimum atomic E-state index is -0.479. The van der Waals surface area contributed by atoms with Gasteiger partial charge >= 0.3 is 0 Å². The molecule has 10 heteroatoms. The lowest BCUT2D eigenvalue weighted by molar-refractivity contribution is 0.0787. The molecule has 1 fully saturated rings. The van der Waals surface area contributed by atoms with Gasteiger partial charge in [0, 0.05) is 18.7 Å². The quantitative estimate of drug-likeness (QED) is 0.480. The highest BCUT2D eigenvalue weighted by Gasteiger charge is 2.30. The van der Waals surface area contributed by atoms with Gasteiger partial charge in [-0.3, -0.25) is 4.79 Å². The van der Waals surface area contributed by atoms with Gasteiger partial charge < -0.3 is 9.42 Å². The summed E-state index contributed by atoms with van der Waals surface area (Å²) in [5.74, 6) is 0.0257. The van der Waals surface area contributed by atoms with E-state index in [2.05, 4.69) is 20.5 Å². The molecule has 1 aliphatic rings. The Kier molecular flexibility index (Phi) is 4.95. The number of nitrogens with zero attached hydrogens (tertiary/aromatic N) is 6. The van der Waals surface area contributed by atoms with Crippen LogP contribution in [-0.4, -0.2) is 49.0 Å². The maximum Gasteiger partial charge on any atom is 0.280 e. The molecule has 31 heavy (non-hydrogen) atoms. The van der Waals surface area contributed by atoms with Crippen LogP contribution in [0, 0.1) is 5.82 Å². The lowest BCUT2D eigenvalue weighted by Crippen LogP contribution is -2.29. The summed E-state index contributed by atoms with van der Waals surface area (Å²) >= 11 is 6.04. The molecule has 3 heterocycles. The van der Waals surface area contributed by atoms with Crippen molar-refractivity contribution in [1.82, 2.24) is 30.0 Å². The SMILES string of the molecule is O=C(c1ccc(F)cc1Cl)N1CC[C@@H](n2cc(-c3nc(-c4ccccc4)no3)nn2)C1. The number of rotatable bonds is 4. The van der Waals surface area contributed by atoms with Crippen LogP contribution in [0.2, 0.25) is 5.02 Å². The minimum absolute atomic E-state index is 0.0547. The maximum atomic E-state index is 13.3. The van der Waals surface area contributed by atoms with Crippen LogP contribution < -0.4 is 0 Å². The number of carbonyl (C=O) groups excluding carboxylic acids is 1. The van der Waals surface area contributed by atoms with Gasteiger partial charge in [-0.25, -0.2) is 9.07 Å². The van der Waals surface area contributed by atoms with Gasteiger partial charge in [0.2, 0.25) is 5.82 Å². The van der Waals surface area contributed by atoms with Crippen molar-refractivity contribution in [2.45, 2.75) is 12.5 Å². The summed E-state index contributed by atoms with van der Waals surface area (Å²) in [5, 5.41) is 12.4. The Balaban J connectivity index is 1.30. The molecule has 0 radical (unpaired) electrons. The van der Waals surface area contributed by atoms with Crippen LogP contribution in [-0.2, 0) is 0 Å². The molecule has 0 spiro atoms. The highest BCUT2D eigenvalue weighted by atomic mass is 35.5. The van der Waals surface area contributed by atoms with Gasteiger partial charge in [-0.05, 0) is 24.6 Å². The second kappa shape index (κ2) is 7.92. The fourth-order valence-electron chi connectivity index (χ4n) is 3.56. The molecule has 0 saturated carbocycles. The third kappa shape index (κ3) is 3.79. The van der Waals surface area contributed by atoms with Crippen molar-refractivity contribution >= 4 is 17.5 Å². The second-order valence-electron chi connectivity index (χ2n) is 7.19. The molecule has 2 aromatic carbocycles. The first kappa shape index (κ1) is 19.4. The molecule has 4 aromatic rings. The van der Waals surface area contributed by atoms with Gasteiger partial charge in [0.1, 0.15) is 5.82 Å². The van der Waals surface area contributed by atoms with Crippen molar-refractivity contribution in [3.05, 3.63) is 71.1 Å². The largest absolute Gasteiger partial charge is 0.336 e. The zero-order valence-electron chi connectivity index (χ0n) is 16.2. The molecule has 0 bridgehead atoms. The summed E-state index contributed by atoms with van der Waals surface area (Å²) in [6, 6.07) is 13.2. The number of hydrogen-bond donors (Lipinski definition) is 0. The molecular formula is C21H16ClFN6O2. The van der Waals surface area contributed by atoms with E-state index >= 15 is 0 Å². The molecule has 0 N–H and O–H groups in total. The average Bonchev–Trinajstić information content (AvgIpc) is 3.54. The van der Waals surface area contributed by atoms with E-state index in [4.69, 9.17) is 16.1 Å². The van der Waals surface area contributed by atoms with Crippen LogP contribution in [0.4, 0.5) is 4.39 Å². The minimum Gasteiger partial charge on any atom is -0.336 e. The van der Waals surface area contributed by atoms with Crippen LogP contribution >= 0.6 is 11.6 Å². The van der Waals surface area contributed by atoms with E-state index in [0.29, 0.717) is 31.0 Å². The van der Waals surface area contributed by atoms with E-state index in [0.717, 1.165) is 11.6 Å². The van der Waals surface area contributed by atoms with Crippen LogP contribution in [0.1, 0.15) is 22.8 Å². The van der Waals surface area contributed by atoms with Crippen LogP contribution in [0.25, 0.3) is 23.0 Å². The Morgan fingerprint density at radius 1 is 1.19 bits per heavy atom. The first-order valence-electron chi connectivity index (χ1n) is 9.64. The Hall–Kier alpha value is -3.59. The van der Waals surface area contributed by atoms with E-state index in [1.165, 1.54) is 12.1 Å². The molecule has 1 atom stereocenters. The summed E-state index contributed by atoms with van der Waals surface area (Å²) in [5.41, 5.74) is 1.58. The molecule has 8 nitrogen and oxygen atoms in total. The number of likely N-dealkylation sites (tertiary alicyclic amines) is 1. The summed E-state index contributed by atoms with van der Waals surface area (Å²) in [6.07, 6.45) is 2.43. The lowest BCUT2D eigenvalue weighted by Gasteiger charge is -2.17. The molecule has 1 saturated heterocycles. The standard InChI is InChI=1S/C21H16ClFN6O2/c22-17-10-14(23)6-7-16(17)21(30)28-9-8-15(11-28)29-12-18(25-27-29)20-24-19(26-31-20)13-4-2-1-3-5-13/h1-7,10,12,15H,8-9,11H2/t15-/m1/s1. The maximum absolute atomic E-state index is 13.3. The molecule has 2 aromatic heterocycles. The number of aromatic nitrogens is 5. The highest BCUT2D eigenvalue weighted by molar-refractivity contribution is 6.33. The number of hydrogen-bond acceptors (Lipinski definition) is 6. The molecular weight excluding hydrogens is 423 g/mol. The number of halogens is 2.